The van der Waals surface area contributed by atoms with Crippen LogP contribution in [0.4, 0.5) is 0 Å². The van der Waals surface area contributed by atoms with Crippen LogP contribution in [0.3, 0.4) is 0 Å². The Morgan fingerprint density at radius 2 is 2.35 bits per heavy atom. The lowest BCUT2D eigenvalue weighted by molar-refractivity contribution is 0.238. The highest BCUT2D eigenvalue weighted by Gasteiger charge is 2.02. The first-order valence-corrected chi connectivity index (χ1v) is 5.91. The van der Waals surface area contributed by atoms with Crippen molar-refractivity contribution in [2.75, 3.05) is 19.7 Å². The molecule has 5 heteroatoms. The minimum absolute atomic E-state index is 0.171. The van der Waals surface area contributed by atoms with E-state index in [0.717, 1.165) is 18.3 Å². The first-order valence-electron chi connectivity index (χ1n) is 5.91. The van der Waals surface area contributed by atoms with Crippen molar-refractivity contribution in [2.24, 2.45) is 10.9 Å². The summed E-state index contributed by atoms with van der Waals surface area (Å²) in [6.07, 6.45) is 1.64. The monoisotopic (exact) mass is 239 g/mol. The standard InChI is InChI=1S/C12H21N3O2/c1-3-13-12(14-7-10(2)9-16)15-8-11-5-4-6-17-11/h4-6,10,16H,3,7-9H2,1-2H3,(H2,13,14,15). The number of hydrogen-bond donors (Lipinski definition) is 3. The van der Waals surface area contributed by atoms with Crippen LogP contribution >= 0.6 is 0 Å². The molecule has 0 aliphatic heterocycles. The Bertz CT molecular complexity index is 323. The number of nitrogens with zero attached hydrogens (tertiary/aromatic N) is 1. The highest BCUT2D eigenvalue weighted by atomic mass is 16.3. The number of aliphatic hydroxyl groups is 1. The zero-order valence-corrected chi connectivity index (χ0v) is 10.4. The number of rotatable bonds is 6. The van der Waals surface area contributed by atoms with Crippen molar-refractivity contribution in [3.63, 3.8) is 0 Å². The summed E-state index contributed by atoms with van der Waals surface area (Å²) in [5.74, 6) is 1.78. The van der Waals surface area contributed by atoms with Gasteiger partial charge in [0.2, 0.25) is 0 Å². The van der Waals surface area contributed by atoms with Crippen LogP contribution in [0.15, 0.2) is 27.8 Å². The fourth-order valence-electron chi connectivity index (χ4n) is 1.24. The van der Waals surface area contributed by atoms with Gasteiger partial charge in [0.05, 0.1) is 6.26 Å². The van der Waals surface area contributed by atoms with E-state index >= 15 is 0 Å². The molecule has 0 radical (unpaired) electrons. The molecule has 0 saturated carbocycles. The normalized spacial score (nSPS) is 13.5. The highest BCUT2D eigenvalue weighted by molar-refractivity contribution is 5.79. The Kier molecular flexibility index (Phi) is 6.17. The molecule has 96 valence electrons. The van der Waals surface area contributed by atoms with E-state index in [4.69, 9.17) is 9.52 Å². The lowest BCUT2D eigenvalue weighted by Crippen LogP contribution is -2.39. The van der Waals surface area contributed by atoms with Crippen molar-refractivity contribution in [1.82, 2.24) is 10.6 Å². The predicted molar refractivity (Wildman–Crippen MR) is 67.8 cm³/mol. The molecule has 1 atom stereocenters. The van der Waals surface area contributed by atoms with Gasteiger partial charge in [-0.05, 0) is 25.0 Å². The van der Waals surface area contributed by atoms with Crippen molar-refractivity contribution >= 4 is 5.96 Å². The Morgan fingerprint density at radius 3 is 2.94 bits per heavy atom. The maximum Gasteiger partial charge on any atom is 0.191 e. The van der Waals surface area contributed by atoms with Crippen molar-refractivity contribution in [2.45, 2.75) is 20.4 Å². The van der Waals surface area contributed by atoms with E-state index in [1.54, 1.807) is 6.26 Å². The minimum Gasteiger partial charge on any atom is -0.467 e. The van der Waals surface area contributed by atoms with Crippen molar-refractivity contribution in [1.29, 1.82) is 0 Å². The summed E-state index contributed by atoms with van der Waals surface area (Å²) in [5.41, 5.74) is 0. The Balaban J connectivity index is 2.43. The van der Waals surface area contributed by atoms with Crippen LogP contribution in [0.5, 0.6) is 0 Å². The van der Waals surface area contributed by atoms with E-state index in [1.165, 1.54) is 0 Å². The number of hydrogen-bond acceptors (Lipinski definition) is 3. The van der Waals surface area contributed by atoms with Gasteiger partial charge in [-0.3, -0.25) is 0 Å². The number of furan rings is 1. The Hall–Kier alpha value is -1.49. The molecule has 0 aliphatic carbocycles. The van der Waals surface area contributed by atoms with Crippen LogP contribution in [0, 0.1) is 5.92 Å². The molecule has 1 heterocycles. The summed E-state index contributed by atoms with van der Waals surface area (Å²) in [6.45, 7) is 6.17. The lowest BCUT2D eigenvalue weighted by Gasteiger charge is -2.13. The van der Waals surface area contributed by atoms with E-state index in [2.05, 4.69) is 15.6 Å². The van der Waals surface area contributed by atoms with E-state index in [9.17, 15) is 0 Å². The van der Waals surface area contributed by atoms with E-state index in [-0.39, 0.29) is 12.5 Å². The van der Waals surface area contributed by atoms with E-state index < -0.39 is 0 Å². The molecule has 1 unspecified atom stereocenters. The maximum atomic E-state index is 8.94. The molecule has 0 amide bonds. The van der Waals surface area contributed by atoms with Crippen LogP contribution < -0.4 is 10.6 Å². The third-order valence-electron chi connectivity index (χ3n) is 2.25. The largest absolute Gasteiger partial charge is 0.467 e. The Labute approximate surface area is 102 Å². The first-order chi connectivity index (χ1) is 8.26. The number of guanidine groups is 1. The van der Waals surface area contributed by atoms with Crippen LogP contribution in [0.25, 0.3) is 0 Å². The van der Waals surface area contributed by atoms with Gasteiger partial charge in [-0.25, -0.2) is 4.99 Å². The molecule has 0 aliphatic rings. The smallest absolute Gasteiger partial charge is 0.191 e. The Morgan fingerprint density at radius 1 is 1.53 bits per heavy atom. The molecular formula is C12H21N3O2. The molecule has 0 fully saturated rings. The predicted octanol–water partition coefficient (Wildman–Crippen LogP) is 0.963. The highest BCUT2D eigenvalue weighted by Crippen LogP contribution is 2.01. The maximum absolute atomic E-state index is 8.94. The van der Waals surface area contributed by atoms with Crippen molar-refractivity contribution in [3.05, 3.63) is 24.2 Å². The molecule has 3 N–H and O–H groups in total. The van der Waals surface area contributed by atoms with Crippen molar-refractivity contribution < 1.29 is 9.52 Å². The fourth-order valence-corrected chi connectivity index (χ4v) is 1.24. The fraction of sp³-hybridized carbons (Fsp3) is 0.583. The van der Waals surface area contributed by atoms with Crippen LogP contribution in [0.2, 0.25) is 0 Å². The summed E-state index contributed by atoms with van der Waals surface area (Å²) < 4.78 is 5.21. The lowest BCUT2D eigenvalue weighted by atomic mass is 10.2. The number of aliphatic hydroxyl groups excluding tert-OH is 1. The molecule has 1 aromatic rings. The molecule has 1 rings (SSSR count). The second-order valence-electron chi connectivity index (χ2n) is 3.94. The summed E-state index contributed by atoms with van der Waals surface area (Å²) in [4.78, 5) is 4.38. The molecule has 0 aromatic carbocycles. The summed E-state index contributed by atoms with van der Waals surface area (Å²) in [6, 6.07) is 3.74. The molecule has 1 aromatic heterocycles. The van der Waals surface area contributed by atoms with Crippen LogP contribution in [-0.4, -0.2) is 30.8 Å². The van der Waals surface area contributed by atoms with Crippen LogP contribution in [0.1, 0.15) is 19.6 Å². The van der Waals surface area contributed by atoms with E-state index in [0.29, 0.717) is 13.1 Å². The molecule has 17 heavy (non-hydrogen) atoms. The van der Waals surface area contributed by atoms with Crippen LogP contribution in [-0.2, 0) is 6.54 Å². The van der Waals surface area contributed by atoms with Gasteiger partial charge < -0.3 is 20.2 Å². The van der Waals surface area contributed by atoms with E-state index in [1.807, 2.05) is 26.0 Å². The molecule has 0 bridgehead atoms. The van der Waals surface area contributed by atoms with Gasteiger partial charge in [0, 0.05) is 19.7 Å². The number of nitrogens with one attached hydrogen (secondary N) is 2. The second-order valence-corrected chi connectivity index (χ2v) is 3.94. The topological polar surface area (TPSA) is 69.8 Å². The van der Waals surface area contributed by atoms with Gasteiger partial charge in [0.1, 0.15) is 12.3 Å². The van der Waals surface area contributed by atoms with Crippen molar-refractivity contribution in [3.8, 4) is 0 Å². The molecule has 0 spiro atoms. The van der Waals surface area contributed by atoms with Gasteiger partial charge in [-0.1, -0.05) is 6.92 Å². The third kappa shape index (κ3) is 5.40. The average molecular weight is 239 g/mol. The third-order valence-corrected chi connectivity index (χ3v) is 2.25. The SMILES string of the molecule is CCNC(=NCc1ccco1)NCC(C)CO. The molecule has 5 nitrogen and oxygen atoms in total. The first kappa shape index (κ1) is 13.6. The van der Waals surface area contributed by atoms with Gasteiger partial charge >= 0.3 is 0 Å². The number of aliphatic imine (C=N–C) groups is 1. The van der Waals surface area contributed by atoms with Gasteiger partial charge in [-0.2, -0.15) is 0 Å². The quantitative estimate of drug-likeness (QED) is 0.511. The zero-order chi connectivity index (χ0) is 12.5. The summed E-state index contributed by atoms with van der Waals surface area (Å²) in [7, 11) is 0. The van der Waals surface area contributed by atoms with Gasteiger partial charge in [0.25, 0.3) is 0 Å². The zero-order valence-electron chi connectivity index (χ0n) is 10.4. The summed E-state index contributed by atoms with van der Waals surface area (Å²) >= 11 is 0. The minimum atomic E-state index is 0.171. The molecule has 0 saturated heterocycles. The average Bonchev–Trinajstić information content (AvgIpc) is 2.85. The molecular weight excluding hydrogens is 218 g/mol. The second kappa shape index (κ2) is 7.73. The summed E-state index contributed by atoms with van der Waals surface area (Å²) in [5, 5.41) is 15.3. The van der Waals surface area contributed by atoms with Gasteiger partial charge in [0.15, 0.2) is 5.96 Å². The van der Waals surface area contributed by atoms with Gasteiger partial charge in [-0.15, -0.1) is 0 Å².